The second-order valence-electron chi connectivity index (χ2n) is 4.85. The predicted molar refractivity (Wildman–Crippen MR) is 86.8 cm³/mol. The van der Waals surface area contributed by atoms with E-state index < -0.39 is 8.80 Å². The molecule has 1 aromatic rings. The van der Waals surface area contributed by atoms with Crippen LogP contribution in [0.15, 0.2) is 12.1 Å². The number of aryl methyl sites for hydroxylation is 1. The van der Waals surface area contributed by atoms with Crippen LogP contribution in [0.5, 0.6) is 5.75 Å². The monoisotopic (exact) mass is 312 g/mol. The molecule has 0 saturated heterocycles. The fourth-order valence-corrected chi connectivity index (χ4v) is 5.37. The minimum absolute atomic E-state index is 0.592. The summed E-state index contributed by atoms with van der Waals surface area (Å²) in [5, 5.41) is 0. The molecule has 0 atom stereocenters. The second kappa shape index (κ2) is 8.53. The second-order valence-corrected chi connectivity index (χ2v) is 7.43. The fourth-order valence-electron chi connectivity index (χ4n) is 2.52. The van der Waals surface area contributed by atoms with Gasteiger partial charge in [0.25, 0.3) is 0 Å². The van der Waals surface area contributed by atoms with Gasteiger partial charge in [0.05, 0.1) is 7.11 Å². The van der Waals surface area contributed by atoms with E-state index in [4.69, 9.17) is 18.0 Å². The van der Waals surface area contributed by atoms with Crippen molar-refractivity contribution < 1.29 is 18.0 Å². The molecule has 120 valence electrons. The Kier molecular flexibility index (Phi) is 7.38. The quantitative estimate of drug-likeness (QED) is 0.655. The number of hydrogen-bond acceptors (Lipinski definition) is 4. The van der Waals surface area contributed by atoms with Crippen molar-refractivity contribution in [1.82, 2.24) is 0 Å². The third kappa shape index (κ3) is 4.54. The third-order valence-electron chi connectivity index (χ3n) is 3.49. The van der Waals surface area contributed by atoms with Gasteiger partial charge in [-0.05, 0) is 57.4 Å². The van der Waals surface area contributed by atoms with Gasteiger partial charge >= 0.3 is 8.80 Å². The molecule has 4 nitrogen and oxygen atoms in total. The van der Waals surface area contributed by atoms with Crippen LogP contribution in [0, 0.1) is 13.8 Å². The van der Waals surface area contributed by atoms with E-state index >= 15 is 0 Å². The molecule has 21 heavy (non-hydrogen) atoms. The predicted octanol–water partition coefficient (Wildman–Crippen LogP) is 3.44. The highest BCUT2D eigenvalue weighted by molar-refractivity contribution is 6.60. The van der Waals surface area contributed by atoms with Gasteiger partial charge in [-0.2, -0.15) is 0 Å². The third-order valence-corrected chi connectivity index (χ3v) is 6.46. The van der Waals surface area contributed by atoms with Gasteiger partial charge in [-0.25, -0.2) is 0 Å². The molecule has 0 N–H and O–H groups in total. The van der Waals surface area contributed by atoms with Gasteiger partial charge in [0.15, 0.2) is 0 Å². The summed E-state index contributed by atoms with van der Waals surface area (Å²) in [6.45, 7) is 11.9. The smallest absolute Gasteiger partial charge is 0.496 e. The van der Waals surface area contributed by atoms with Gasteiger partial charge in [0.2, 0.25) is 0 Å². The Morgan fingerprint density at radius 3 is 1.86 bits per heavy atom. The highest BCUT2D eigenvalue weighted by Gasteiger charge is 2.41. The Labute approximate surface area is 129 Å². The average Bonchev–Trinajstić information content (AvgIpc) is 2.44. The lowest BCUT2D eigenvalue weighted by atomic mass is 10.0. The molecule has 1 rings (SSSR count). The van der Waals surface area contributed by atoms with Crippen LogP contribution in [0.3, 0.4) is 0 Å². The highest BCUT2D eigenvalue weighted by Crippen LogP contribution is 2.28. The van der Waals surface area contributed by atoms with E-state index in [9.17, 15) is 0 Å². The first kappa shape index (κ1) is 18.2. The first-order chi connectivity index (χ1) is 10.0. The summed E-state index contributed by atoms with van der Waals surface area (Å²) in [4.78, 5) is 0. The lowest BCUT2D eigenvalue weighted by Crippen LogP contribution is -2.49. The van der Waals surface area contributed by atoms with Crippen molar-refractivity contribution >= 4 is 8.80 Å². The van der Waals surface area contributed by atoms with Crippen molar-refractivity contribution in [3.63, 3.8) is 0 Å². The molecule has 0 spiro atoms. The van der Waals surface area contributed by atoms with E-state index in [0.717, 1.165) is 11.3 Å². The zero-order valence-corrected chi connectivity index (χ0v) is 15.1. The lowest BCUT2D eigenvalue weighted by Gasteiger charge is -2.29. The van der Waals surface area contributed by atoms with Crippen LogP contribution >= 0.6 is 0 Å². The topological polar surface area (TPSA) is 36.9 Å². The van der Waals surface area contributed by atoms with Crippen LogP contribution in [0.4, 0.5) is 0 Å². The van der Waals surface area contributed by atoms with E-state index in [0.29, 0.717) is 25.9 Å². The van der Waals surface area contributed by atoms with Crippen LogP contribution in [-0.2, 0) is 19.3 Å². The van der Waals surface area contributed by atoms with Crippen molar-refractivity contribution in [2.75, 3.05) is 26.9 Å². The van der Waals surface area contributed by atoms with E-state index in [-0.39, 0.29) is 0 Å². The lowest BCUT2D eigenvalue weighted by molar-refractivity contribution is 0.0703. The number of ether oxygens (including phenoxy) is 1. The Balaban J connectivity index is 3.18. The van der Waals surface area contributed by atoms with Crippen molar-refractivity contribution in [2.45, 2.75) is 40.7 Å². The Hall–Kier alpha value is -0.883. The van der Waals surface area contributed by atoms with Gasteiger partial charge in [-0.15, -0.1) is 0 Å². The average molecular weight is 312 g/mol. The summed E-state index contributed by atoms with van der Waals surface area (Å²) in [7, 11) is -0.996. The maximum absolute atomic E-state index is 5.95. The molecule has 0 bridgehead atoms. The Morgan fingerprint density at radius 1 is 0.905 bits per heavy atom. The normalized spacial score (nSPS) is 11.7. The molecular weight excluding hydrogens is 284 g/mol. The van der Waals surface area contributed by atoms with Gasteiger partial charge in [-0.3, -0.25) is 0 Å². The number of benzene rings is 1. The van der Waals surface area contributed by atoms with Crippen molar-refractivity contribution in [1.29, 1.82) is 0 Å². The van der Waals surface area contributed by atoms with Crippen molar-refractivity contribution in [3.8, 4) is 5.75 Å². The standard InChI is InChI=1S/C16H28O4Si/c1-7-18-21(19-8-2,20-9-3)12-15-13(4)10-11-16(17-6)14(15)5/h10-11H,7-9,12H2,1-6H3. The fraction of sp³-hybridized carbons (Fsp3) is 0.625. The summed E-state index contributed by atoms with van der Waals surface area (Å²) in [5.74, 6) is 0.892. The maximum atomic E-state index is 5.95. The first-order valence-corrected chi connectivity index (χ1v) is 9.51. The Morgan fingerprint density at radius 2 is 1.43 bits per heavy atom. The zero-order chi connectivity index (χ0) is 15.9. The van der Waals surface area contributed by atoms with Crippen LogP contribution in [-0.4, -0.2) is 35.7 Å². The largest absolute Gasteiger partial charge is 0.505 e. The van der Waals surface area contributed by atoms with Gasteiger partial charge < -0.3 is 18.0 Å². The number of hydrogen-bond donors (Lipinski definition) is 0. The molecule has 1 aromatic carbocycles. The molecule has 0 unspecified atom stereocenters. The number of rotatable bonds is 9. The van der Waals surface area contributed by atoms with E-state index in [1.165, 1.54) is 11.1 Å². The Bertz CT molecular complexity index is 431. The van der Waals surface area contributed by atoms with Crippen LogP contribution in [0.1, 0.15) is 37.5 Å². The van der Waals surface area contributed by atoms with Crippen LogP contribution < -0.4 is 4.74 Å². The number of methoxy groups -OCH3 is 1. The molecule has 0 aromatic heterocycles. The molecule has 0 amide bonds. The van der Waals surface area contributed by atoms with Crippen LogP contribution in [0.25, 0.3) is 0 Å². The van der Waals surface area contributed by atoms with Gasteiger partial charge in [-0.1, -0.05) is 6.07 Å². The summed E-state index contributed by atoms with van der Waals surface area (Å²) in [6.07, 6.45) is 0. The molecule has 0 saturated carbocycles. The SMILES string of the molecule is CCO[Si](Cc1c(C)ccc(OC)c1C)(OCC)OCC. The molecular formula is C16H28O4Si. The highest BCUT2D eigenvalue weighted by atomic mass is 28.4. The van der Waals surface area contributed by atoms with Crippen LogP contribution in [0.2, 0.25) is 0 Å². The van der Waals surface area contributed by atoms with Crippen molar-refractivity contribution in [3.05, 3.63) is 28.8 Å². The zero-order valence-electron chi connectivity index (χ0n) is 14.1. The summed E-state index contributed by atoms with van der Waals surface area (Å²) in [6, 6.07) is 4.75. The molecule has 0 fully saturated rings. The minimum atomic E-state index is -2.69. The van der Waals surface area contributed by atoms with Gasteiger partial charge in [0.1, 0.15) is 5.75 Å². The molecule has 0 radical (unpaired) electrons. The molecule has 0 aliphatic heterocycles. The summed E-state index contributed by atoms with van der Waals surface area (Å²) >= 11 is 0. The molecule has 5 heteroatoms. The first-order valence-electron chi connectivity index (χ1n) is 7.58. The summed E-state index contributed by atoms with van der Waals surface area (Å²) in [5.41, 5.74) is 3.55. The van der Waals surface area contributed by atoms with E-state index in [2.05, 4.69) is 19.9 Å². The minimum Gasteiger partial charge on any atom is -0.496 e. The maximum Gasteiger partial charge on any atom is 0.505 e. The van der Waals surface area contributed by atoms with Crippen molar-refractivity contribution in [2.24, 2.45) is 0 Å². The summed E-state index contributed by atoms with van der Waals surface area (Å²) < 4.78 is 23.3. The van der Waals surface area contributed by atoms with Gasteiger partial charge in [0, 0.05) is 25.9 Å². The molecule has 0 aliphatic rings. The molecule has 0 aliphatic carbocycles. The van der Waals surface area contributed by atoms with E-state index in [1.807, 2.05) is 26.8 Å². The van der Waals surface area contributed by atoms with E-state index in [1.54, 1.807) is 7.11 Å². The molecule has 0 heterocycles.